The van der Waals surface area contributed by atoms with Gasteiger partial charge in [0.15, 0.2) is 0 Å². The Kier molecular flexibility index (Phi) is 5.97. The molecule has 2 aliphatic rings. The minimum absolute atomic E-state index is 0.0194. The third-order valence-corrected chi connectivity index (χ3v) is 7.34. The summed E-state index contributed by atoms with van der Waals surface area (Å²) in [5, 5.41) is 2.79. The van der Waals surface area contributed by atoms with Gasteiger partial charge >= 0.3 is 12.1 Å². The summed E-state index contributed by atoms with van der Waals surface area (Å²) < 4.78 is 12.5. The lowest BCUT2D eigenvalue weighted by molar-refractivity contribution is -0.0258. The number of urea groups is 1. The molecule has 0 radical (unpaired) electrons. The average molecular weight is 471 g/mol. The number of carbonyl (C=O) groups excluding carboxylic acids is 2. The van der Waals surface area contributed by atoms with Gasteiger partial charge in [0, 0.05) is 11.3 Å². The van der Waals surface area contributed by atoms with E-state index in [-0.39, 0.29) is 5.60 Å². The van der Waals surface area contributed by atoms with Crippen molar-refractivity contribution in [2.24, 2.45) is 0 Å². The maximum atomic E-state index is 13.5. The van der Waals surface area contributed by atoms with Gasteiger partial charge in [-0.15, -0.1) is 0 Å². The van der Waals surface area contributed by atoms with Crippen LogP contribution in [-0.2, 0) is 6.42 Å². The van der Waals surface area contributed by atoms with Crippen LogP contribution in [-0.4, -0.2) is 17.7 Å². The lowest BCUT2D eigenvalue weighted by Gasteiger charge is -2.46. The summed E-state index contributed by atoms with van der Waals surface area (Å²) in [4.78, 5) is 27.7. The molecule has 0 unspecified atom stereocenters. The van der Waals surface area contributed by atoms with Crippen molar-refractivity contribution in [3.8, 4) is 11.5 Å². The van der Waals surface area contributed by atoms with Crippen LogP contribution < -0.4 is 19.7 Å². The van der Waals surface area contributed by atoms with E-state index in [0.29, 0.717) is 17.1 Å². The fourth-order valence-corrected chi connectivity index (χ4v) is 5.01. The number of benzene rings is 3. The Morgan fingerprint density at radius 3 is 2.17 bits per heavy atom. The number of carbonyl (C=O) groups is 2. The van der Waals surface area contributed by atoms with Gasteiger partial charge in [0.25, 0.3) is 0 Å². The smallest absolute Gasteiger partial charge is 0.428 e. The minimum atomic E-state index is -0.762. The summed E-state index contributed by atoms with van der Waals surface area (Å²) in [5.41, 5.74) is 4.81. The lowest BCUT2D eigenvalue weighted by Crippen LogP contribution is -2.46. The second-order valence-corrected chi connectivity index (χ2v) is 9.49. The number of ether oxygens (including phenoxy) is 2. The quantitative estimate of drug-likeness (QED) is 0.443. The zero-order valence-corrected chi connectivity index (χ0v) is 20.4. The van der Waals surface area contributed by atoms with E-state index in [4.69, 9.17) is 9.47 Å². The van der Waals surface area contributed by atoms with Gasteiger partial charge in [-0.3, -0.25) is 0 Å². The van der Waals surface area contributed by atoms with E-state index >= 15 is 0 Å². The second-order valence-electron chi connectivity index (χ2n) is 9.49. The Bertz CT molecular complexity index is 1270. The highest BCUT2D eigenvalue weighted by molar-refractivity contribution is 6.16. The highest BCUT2D eigenvalue weighted by Gasteiger charge is 2.43. The van der Waals surface area contributed by atoms with Crippen molar-refractivity contribution in [1.29, 1.82) is 0 Å². The number of para-hydroxylation sites is 2. The number of rotatable bonds is 3. The van der Waals surface area contributed by atoms with Gasteiger partial charge in [-0.1, -0.05) is 36.4 Å². The van der Waals surface area contributed by atoms with E-state index in [0.717, 1.165) is 58.6 Å². The van der Waals surface area contributed by atoms with Crippen LogP contribution in [0, 0.1) is 20.8 Å². The van der Waals surface area contributed by atoms with Crippen molar-refractivity contribution < 1.29 is 19.1 Å². The molecule has 1 spiro atoms. The van der Waals surface area contributed by atoms with Crippen LogP contribution in [0.3, 0.4) is 0 Å². The van der Waals surface area contributed by atoms with Crippen molar-refractivity contribution >= 4 is 23.5 Å². The fourth-order valence-electron chi connectivity index (χ4n) is 5.01. The molecule has 6 nitrogen and oxygen atoms in total. The predicted octanol–water partition coefficient (Wildman–Crippen LogP) is 7.10. The third kappa shape index (κ3) is 4.25. The maximum absolute atomic E-state index is 13.5. The topological polar surface area (TPSA) is 67.9 Å². The van der Waals surface area contributed by atoms with Gasteiger partial charge in [0.1, 0.15) is 17.1 Å². The molecule has 1 saturated carbocycles. The van der Waals surface area contributed by atoms with Gasteiger partial charge < -0.3 is 14.8 Å². The summed E-state index contributed by atoms with van der Waals surface area (Å²) in [5.74, 6) is 1.43. The molecule has 0 aromatic heterocycles. The van der Waals surface area contributed by atoms with E-state index in [9.17, 15) is 9.59 Å². The molecule has 1 aliphatic heterocycles. The molecular formula is C29H30N2O4. The largest absolute Gasteiger partial charge is 0.487 e. The van der Waals surface area contributed by atoms with Crippen LogP contribution in [0.25, 0.3) is 0 Å². The maximum Gasteiger partial charge on any atom is 0.428 e. The molecular weight excluding hydrogens is 440 g/mol. The van der Waals surface area contributed by atoms with Gasteiger partial charge in [0.05, 0.1) is 5.69 Å². The minimum Gasteiger partial charge on any atom is -0.487 e. The zero-order chi connectivity index (χ0) is 24.6. The van der Waals surface area contributed by atoms with Crippen LogP contribution in [0.2, 0.25) is 0 Å². The summed E-state index contributed by atoms with van der Waals surface area (Å²) in [6.45, 7) is 5.92. The predicted molar refractivity (Wildman–Crippen MR) is 137 cm³/mol. The molecule has 3 aromatic carbocycles. The Hall–Kier alpha value is -3.80. The first kappa shape index (κ1) is 23.0. The van der Waals surface area contributed by atoms with Gasteiger partial charge in [-0.05, 0) is 93.8 Å². The van der Waals surface area contributed by atoms with E-state index in [1.807, 2.05) is 45.0 Å². The Morgan fingerprint density at radius 2 is 1.54 bits per heavy atom. The number of fused-ring (bicyclic) bond motifs is 1. The molecule has 1 aliphatic carbocycles. The van der Waals surface area contributed by atoms with E-state index in [2.05, 4.69) is 5.32 Å². The molecule has 3 aromatic rings. The first-order chi connectivity index (χ1) is 16.9. The SMILES string of the molecule is Cc1c(C)c2c(c(C)c1OC(=O)N(C(=O)Nc1ccccc1)c1ccccc1)CCC1(CCC1)O2. The molecule has 0 bridgehead atoms. The number of nitrogens with zero attached hydrogens (tertiary/aromatic N) is 1. The van der Waals surface area contributed by atoms with Gasteiger partial charge in [-0.25, -0.2) is 9.59 Å². The van der Waals surface area contributed by atoms with Crippen LogP contribution in [0.15, 0.2) is 60.7 Å². The number of anilines is 2. The summed E-state index contributed by atoms with van der Waals surface area (Å²) >= 11 is 0. The molecule has 0 atom stereocenters. The number of hydrogen-bond acceptors (Lipinski definition) is 4. The Morgan fingerprint density at radius 1 is 0.886 bits per heavy atom. The summed E-state index contributed by atoms with van der Waals surface area (Å²) in [6.07, 6.45) is 4.52. The Balaban J connectivity index is 1.46. The van der Waals surface area contributed by atoms with Crippen molar-refractivity contribution in [2.45, 2.75) is 58.5 Å². The first-order valence-electron chi connectivity index (χ1n) is 12.1. The molecule has 1 fully saturated rings. The fraction of sp³-hybridized carbons (Fsp3) is 0.310. The number of amides is 3. The van der Waals surface area contributed by atoms with Gasteiger partial charge in [-0.2, -0.15) is 4.90 Å². The molecule has 1 heterocycles. The molecule has 0 saturated heterocycles. The van der Waals surface area contributed by atoms with Gasteiger partial charge in [0.2, 0.25) is 0 Å². The highest BCUT2D eigenvalue weighted by Crippen LogP contribution is 2.49. The summed E-state index contributed by atoms with van der Waals surface area (Å²) in [6, 6.07) is 17.2. The van der Waals surface area contributed by atoms with Crippen molar-refractivity contribution in [3.05, 3.63) is 82.9 Å². The average Bonchev–Trinajstić information content (AvgIpc) is 2.85. The highest BCUT2D eigenvalue weighted by atomic mass is 16.6. The zero-order valence-electron chi connectivity index (χ0n) is 20.4. The molecule has 35 heavy (non-hydrogen) atoms. The summed E-state index contributed by atoms with van der Waals surface area (Å²) in [7, 11) is 0. The second kappa shape index (κ2) is 9.10. The van der Waals surface area contributed by atoms with Crippen LogP contribution in [0.5, 0.6) is 11.5 Å². The van der Waals surface area contributed by atoms with Crippen molar-refractivity contribution in [2.75, 3.05) is 10.2 Å². The Labute approximate surface area is 205 Å². The normalized spacial score (nSPS) is 15.4. The molecule has 3 amide bonds. The lowest BCUT2D eigenvalue weighted by atomic mass is 9.73. The monoisotopic (exact) mass is 470 g/mol. The standard InChI is InChI=1S/C29H30N2O4/c1-19-20(2)26-24(15-18-29(35-26)16-10-17-29)21(3)25(19)34-28(33)31(23-13-8-5-9-14-23)27(32)30-22-11-6-4-7-12-22/h4-9,11-14H,10,15-18H2,1-3H3,(H,30,32). The first-order valence-corrected chi connectivity index (χ1v) is 12.1. The third-order valence-electron chi connectivity index (χ3n) is 7.34. The number of imide groups is 1. The molecule has 1 N–H and O–H groups in total. The molecule has 180 valence electrons. The molecule has 5 rings (SSSR count). The van der Waals surface area contributed by atoms with Crippen molar-refractivity contribution in [1.82, 2.24) is 0 Å². The molecule has 6 heteroatoms. The number of hydrogen-bond donors (Lipinski definition) is 1. The van der Waals surface area contributed by atoms with Crippen molar-refractivity contribution in [3.63, 3.8) is 0 Å². The van der Waals surface area contributed by atoms with E-state index in [1.54, 1.807) is 36.4 Å². The van der Waals surface area contributed by atoms with E-state index < -0.39 is 12.1 Å². The van der Waals surface area contributed by atoms with Crippen LogP contribution in [0.4, 0.5) is 21.0 Å². The van der Waals surface area contributed by atoms with Crippen LogP contribution in [0.1, 0.15) is 47.9 Å². The van der Waals surface area contributed by atoms with Crippen LogP contribution >= 0.6 is 0 Å². The number of nitrogens with one attached hydrogen (secondary N) is 1. The van der Waals surface area contributed by atoms with E-state index in [1.165, 1.54) is 6.42 Å².